The van der Waals surface area contributed by atoms with Crippen LogP contribution < -0.4 is 0 Å². The molecule has 0 aliphatic heterocycles. The van der Waals surface area contributed by atoms with Crippen molar-refractivity contribution in [2.24, 2.45) is 0 Å². The molecule has 0 aliphatic carbocycles. The number of rotatable bonds is 2. The van der Waals surface area contributed by atoms with Crippen LogP contribution in [0.1, 0.15) is 34.8 Å². The summed E-state index contributed by atoms with van der Waals surface area (Å²) in [5, 5.41) is 8.52. The zero-order valence-corrected chi connectivity index (χ0v) is 7.72. The van der Waals surface area contributed by atoms with E-state index in [1.54, 1.807) is 0 Å². The molecule has 2 nitrogen and oxygen atoms in total. The normalized spacial score (nSPS) is 10.1. The topological polar surface area (TPSA) is 40.9 Å². The minimum absolute atomic E-state index is 0.351. The van der Waals surface area contributed by atoms with Gasteiger partial charge in [-0.15, -0.1) is 0 Å². The monoisotopic (exact) mass is 213 g/mol. The molecule has 0 bridgehead atoms. The van der Waals surface area contributed by atoms with Crippen molar-refractivity contribution in [1.29, 1.82) is 5.26 Å². The Labute approximate surface area is 83.9 Å². The summed E-state index contributed by atoms with van der Waals surface area (Å²) in [6, 6.07) is 3.18. The number of alkyl halides is 2. The van der Waals surface area contributed by atoms with Crippen molar-refractivity contribution in [2.45, 2.75) is 13.3 Å². The Morgan fingerprint density at radius 2 is 2.07 bits per heavy atom. The second-order valence-electron chi connectivity index (χ2n) is 2.86. The smallest absolute Gasteiger partial charge is 0.265 e. The van der Waals surface area contributed by atoms with Crippen LogP contribution in [0.15, 0.2) is 12.1 Å². The van der Waals surface area contributed by atoms with E-state index in [1.165, 1.54) is 6.07 Å². The molecular weight excluding hydrogens is 207 g/mol. The number of nitriles is 1. The summed E-state index contributed by atoms with van der Waals surface area (Å²) >= 11 is 0. The minimum Gasteiger partial charge on any atom is -0.294 e. The maximum absolute atomic E-state index is 13.4. The molecule has 0 heterocycles. The number of hydrogen-bond donors (Lipinski definition) is 0. The van der Waals surface area contributed by atoms with Crippen molar-refractivity contribution in [2.75, 3.05) is 0 Å². The first kappa shape index (κ1) is 11.2. The molecule has 0 fully saturated rings. The lowest BCUT2D eigenvalue weighted by molar-refractivity contribution is 0.101. The molecule has 15 heavy (non-hydrogen) atoms. The van der Waals surface area contributed by atoms with Gasteiger partial charge >= 0.3 is 0 Å². The molecule has 5 heteroatoms. The van der Waals surface area contributed by atoms with E-state index < -0.39 is 29.2 Å². The average Bonchev–Trinajstić information content (AvgIpc) is 2.16. The Hall–Kier alpha value is -1.83. The van der Waals surface area contributed by atoms with Crippen LogP contribution >= 0.6 is 0 Å². The van der Waals surface area contributed by atoms with Gasteiger partial charge in [0.05, 0.1) is 11.1 Å². The zero-order valence-electron chi connectivity index (χ0n) is 7.72. The lowest BCUT2D eigenvalue weighted by Crippen LogP contribution is -2.03. The molecule has 1 aromatic rings. The van der Waals surface area contributed by atoms with Crippen LogP contribution in [0, 0.1) is 17.1 Å². The number of halogens is 3. The molecule has 0 amide bonds. The van der Waals surface area contributed by atoms with Crippen LogP contribution in [-0.2, 0) is 0 Å². The van der Waals surface area contributed by atoms with Gasteiger partial charge in [0.25, 0.3) is 6.43 Å². The summed E-state index contributed by atoms with van der Waals surface area (Å²) in [5.74, 6) is -1.78. The van der Waals surface area contributed by atoms with E-state index >= 15 is 0 Å². The summed E-state index contributed by atoms with van der Waals surface area (Å²) in [7, 11) is 0. The van der Waals surface area contributed by atoms with Crippen molar-refractivity contribution in [3.63, 3.8) is 0 Å². The van der Waals surface area contributed by atoms with Gasteiger partial charge in [-0.3, -0.25) is 4.79 Å². The van der Waals surface area contributed by atoms with Crippen molar-refractivity contribution >= 4 is 5.78 Å². The number of benzene rings is 1. The van der Waals surface area contributed by atoms with Gasteiger partial charge in [0.1, 0.15) is 6.07 Å². The number of nitrogens with zero attached hydrogens (tertiary/aromatic N) is 1. The van der Waals surface area contributed by atoms with Crippen molar-refractivity contribution in [3.05, 3.63) is 34.6 Å². The predicted molar refractivity (Wildman–Crippen MR) is 46.1 cm³/mol. The number of ketones is 1. The molecule has 0 saturated heterocycles. The van der Waals surface area contributed by atoms with Crippen LogP contribution in [0.5, 0.6) is 0 Å². The third kappa shape index (κ3) is 1.99. The third-order valence-electron chi connectivity index (χ3n) is 1.90. The highest BCUT2D eigenvalue weighted by molar-refractivity contribution is 5.94. The molecule has 0 aromatic heterocycles. The standard InChI is InChI=1S/C10H6F3NO/c1-5(15)6-2-3-7(10(12)13)8(4-14)9(6)11/h2-3,10H,1H3. The summed E-state index contributed by atoms with van der Waals surface area (Å²) in [5.41, 5.74) is -1.81. The Kier molecular flexibility index (Phi) is 3.10. The van der Waals surface area contributed by atoms with Gasteiger partial charge < -0.3 is 0 Å². The van der Waals surface area contributed by atoms with E-state index in [1.807, 2.05) is 0 Å². The van der Waals surface area contributed by atoms with Crippen molar-refractivity contribution < 1.29 is 18.0 Å². The number of carbonyl (C=O) groups is 1. The highest BCUT2D eigenvalue weighted by atomic mass is 19.3. The molecular formula is C10H6F3NO. The van der Waals surface area contributed by atoms with E-state index in [-0.39, 0.29) is 5.56 Å². The molecule has 1 aromatic carbocycles. The SMILES string of the molecule is CC(=O)c1ccc(C(F)F)c(C#N)c1F. The van der Waals surface area contributed by atoms with E-state index in [9.17, 15) is 18.0 Å². The van der Waals surface area contributed by atoms with Gasteiger partial charge in [0, 0.05) is 5.56 Å². The molecule has 0 spiro atoms. The lowest BCUT2D eigenvalue weighted by Gasteiger charge is -2.06. The third-order valence-corrected chi connectivity index (χ3v) is 1.90. The van der Waals surface area contributed by atoms with Gasteiger partial charge in [0.15, 0.2) is 11.6 Å². The summed E-state index contributed by atoms with van der Waals surface area (Å²) < 4.78 is 38.0. The largest absolute Gasteiger partial charge is 0.294 e. The van der Waals surface area contributed by atoms with Crippen LogP contribution in [0.2, 0.25) is 0 Å². The molecule has 78 valence electrons. The first-order chi connectivity index (χ1) is 6.99. The van der Waals surface area contributed by atoms with Gasteiger partial charge in [-0.05, 0) is 13.0 Å². The Bertz CT molecular complexity index is 449. The highest BCUT2D eigenvalue weighted by Crippen LogP contribution is 2.26. The van der Waals surface area contributed by atoms with Crippen molar-refractivity contribution in [3.8, 4) is 6.07 Å². The maximum Gasteiger partial charge on any atom is 0.265 e. The first-order valence-corrected chi connectivity index (χ1v) is 4.00. The van der Waals surface area contributed by atoms with Crippen LogP contribution in [-0.4, -0.2) is 5.78 Å². The fourth-order valence-corrected chi connectivity index (χ4v) is 1.16. The van der Waals surface area contributed by atoms with E-state index in [4.69, 9.17) is 5.26 Å². The van der Waals surface area contributed by atoms with Gasteiger partial charge in [-0.2, -0.15) is 5.26 Å². The molecule has 0 aliphatic rings. The van der Waals surface area contributed by atoms with Crippen LogP contribution in [0.4, 0.5) is 13.2 Å². The van der Waals surface area contributed by atoms with E-state index in [0.717, 1.165) is 19.1 Å². The average molecular weight is 213 g/mol. The fourth-order valence-electron chi connectivity index (χ4n) is 1.16. The fraction of sp³-hybridized carbons (Fsp3) is 0.200. The second-order valence-corrected chi connectivity index (χ2v) is 2.86. The van der Waals surface area contributed by atoms with Crippen molar-refractivity contribution in [1.82, 2.24) is 0 Å². The quantitative estimate of drug-likeness (QED) is 0.708. The molecule has 1 rings (SSSR count). The number of carbonyl (C=O) groups excluding carboxylic acids is 1. The Morgan fingerprint density at radius 3 is 2.47 bits per heavy atom. The zero-order chi connectivity index (χ0) is 11.6. The highest BCUT2D eigenvalue weighted by Gasteiger charge is 2.20. The Balaban J connectivity index is 3.48. The molecule has 0 radical (unpaired) electrons. The van der Waals surface area contributed by atoms with Gasteiger partial charge in [0.2, 0.25) is 0 Å². The summed E-state index contributed by atoms with van der Waals surface area (Å²) in [6.07, 6.45) is -2.94. The molecule has 0 saturated carbocycles. The predicted octanol–water partition coefficient (Wildman–Crippen LogP) is 2.84. The van der Waals surface area contributed by atoms with Crippen LogP contribution in [0.25, 0.3) is 0 Å². The molecule has 0 unspecified atom stereocenters. The summed E-state index contributed by atoms with van der Waals surface area (Å²) in [4.78, 5) is 10.9. The molecule has 0 atom stereocenters. The van der Waals surface area contributed by atoms with E-state index in [0.29, 0.717) is 0 Å². The second kappa shape index (κ2) is 4.13. The maximum atomic E-state index is 13.4. The van der Waals surface area contributed by atoms with Gasteiger partial charge in [-0.1, -0.05) is 6.07 Å². The number of Topliss-reactive ketones (excluding diaryl/α,β-unsaturated/α-hetero) is 1. The minimum atomic E-state index is -2.94. The number of hydrogen-bond acceptors (Lipinski definition) is 2. The lowest BCUT2D eigenvalue weighted by atomic mass is 10.0. The van der Waals surface area contributed by atoms with Gasteiger partial charge in [-0.25, -0.2) is 13.2 Å². The Morgan fingerprint density at radius 1 is 1.47 bits per heavy atom. The molecule has 0 N–H and O–H groups in total. The summed E-state index contributed by atoms with van der Waals surface area (Å²) in [6.45, 7) is 1.10. The van der Waals surface area contributed by atoms with E-state index in [2.05, 4.69) is 0 Å². The van der Waals surface area contributed by atoms with Crippen LogP contribution in [0.3, 0.4) is 0 Å². The first-order valence-electron chi connectivity index (χ1n) is 4.00.